The predicted octanol–water partition coefficient (Wildman–Crippen LogP) is 1.56. The number of rotatable bonds is 6. The second kappa shape index (κ2) is 6.05. The van der Waals surface area contributed by atoms with Crippen LogP contribution in [0.1, 0.15) is 26.0 Å². The van der Waals surface area contributed by atoms with Gasteiger partial charge in [-0.25, -0.2) is 9.97 Å². The molecular formula is C11H17N3O2. The number of nitrogens with zero attached hydrogens (tertiary/aromatic N) is 2. The van der Waals surface area contributed by atoms with E-state index in [9.17, 15) is 4.79 Å². The van der Waals surface area contributed by atoms with E-state index in [0.29, 0.717) is 18.8 Å². The Balaban J connectivity index is 2.56. The van der Waals surface area contributed by atoms with Crippen LogP contribution in [0.25, 0.3) is 0 Å². The molecule has 0 saturated heterocycles. The molecule has 5 nitrogen and oxygen atoms in total. The fourth-order valence-corrected chi connectivity index (χ4v) is 1.32. The predicted molar refractivity (Wildman–Crippen MR) is 61.3 cm³/mol. The number of hydrogen-bond donors (Lipinski definition) is 2. The summed E-state index contributed by atoms with van der Waals surface area (Å²) in [6, 6.07) is 1.84. The lowest BCUT2D eigenvalue weighted by Crippen LogP contribution is -2.22. The first-order valence-corrected chi connectivity index (χ1v) is 5.45. The van der Waals surface area contributed by atoms with Crippen molar-refractivity contribution in [2.75, 3.05) is 11.9 Å². The van der Waals surface area contributed by atoms with Gasteiger partial charge < -0.3 is 10.4 Å². The van der Waals surface area contributed by atoms with Crippen molar-refractivity contribution >= 4 is 11.8 Å². The van der Waals surface area contributed by atoms with Gasteiger partial charge in [-0.15, -0.1) is 0 Å². The molecule has 88 valence electrons. The molecular weight excluding hydrogens is 206 g/mol. The van der Waals surface area contributed by atoms with E-state index in [1.165, 1.54) is 6.33 Å². The third kappa shape index (κ3) is 3.49. The third-order valence-electron chi connectivity index (χ3n) is 2.46. The largest absolute Gasteiger partial charge is 0.481 e. The summed E-state index contributed by atoms with van der Waals surface area (Å²) in [5.74, 6) is -0.466. The van der Waals surface area contributed by atoms with Crippen molar-refractivity contribution < 1.29 is 9.90 Å². The van der Waals surface area contributed by atoms with Gasteiger partial charge in [0.25, 0.3) is 0 Å². The zero-order chi connectivity index (χ0) is 12.0. The highest BCUT2D eigenvalue weighted by atomic mass is 16.4. The molecule has 0 radical (unpaired) electrons. The number of carboxylic acid groups (broad SMARTS) is 1. The Labute approximate surface area is 94.9 Å². The standard InChI is InChI=1S/C11H17N3O2/c1-3-8(11(15)16)6-12-10-5-9(4-2)13-7-14-10/h5,7-8H,3-4,6H2,1-2H3,(H,15,16)(H,12,13,14). The maximum atomic E-state index is 10.8. The number of carbonyl (C=O) groups is 1. The van der Waals surface area contributed by atoms with Crippen LogP contribution in [0, 0.1) is 5.92 Å². The molecule has 2 N–H and O–H groups in total. The second-order valence-corrected chi connectivity index (χ2v) is 3.57. The average molecular weight is 223 g/mol. The molecule has 0 amide bonds. The van der Waals surface area contributed by atoms with Crippen LogP contribution >= 0.6 is 0 Å². The zero-order valence-electron chi connectivity index (χ0n) is 9.60. The van der Waals surface area contributed by atoms with E-state index in [4.69, 9.17) is 5.11 Å². The Hall–Kier alpha value is -1.65. The van der Waals surface area contributed by atoms with Crippen LogP contribution in [0.5, 0.6) is 0 Å². The highest BCUT2D eigenvalue weighted by Crippen LogP contribution is 2.08. The van der Waals surface area contributed by atoms with Crippen molar-refractivity contribution in [2.24, 2.45) is 5.92 Å². The molecule has 0 aliphatic heterocycles. The summed E-state index contributed by atoms with van der Waals surface area (Å²) in [5.41, 5.74) is 0.945. The van der Waals surface area contributed by atoms with Crippen LogP contribution in [0.2, 0.25) is 0 Å². The molecule has 1 aromatic heterocycles. The average Bonchev–Trinajstić information content (AvgIpc) is 2.29. The summed E-state index contributed by atoms with van der Waals surface area (Å²) in [7, 11) is 0. The van der Waals surface area contributed by atoms with Crippen molar-refractivity contribution in [1.82, 2.24) is 9.97 Å². The molecule has 1 atom stereocenters. The minimum absolute atomic E-state index is 0.375. The van der Waals surface area contributed by atoms with Crippen molar-refractivity contribution in [1.29, 1.82) is 0 Å². The van der Waals surface area contributed by atoms with Gasteiger partial charge in [0.15, 0.2) is 0 Å². The molecule has 0 aliphatic carbocycles. The number of carboxylic acids is 1. The molecule has 0 bridgehead atoms. The molecule has 0 spiro atoms. The van der Waals surface area contributed by atoms with Crippen LogP contribution in [0.3, 0.4) is 0 Å². The van der Waals surface area contributed by atoms with E-state index in [0.717, 1.165) is 12.1 Å². The monoisotopic (exact) mass is 223 g/mol. The van der Waals surface area contributed by atoms with Gasteiger partial charge >= 0.3 is 5.97 Å². The highest BCUT2D eigenvalue weighted by Gasteiger charge is 2.14. The summed E-state index contributed by atoms with van der Waals surface area (Å²) < 4.78 is 0. The molecule has 1 rings (SSSR count). The molecule has 0 aliphatic rings. The van der Waals surface area contributed by atoms with Gasteiger partial charge in [0.2, 0.25) is 0 Å². The van der Waals surface area contributed by atoms with Crippen LogP contribution in [-0.2, 0) is 11.2 Å². The van der Waals surface area contributed by atoms with Crippen LogP contribution < -0.4 is 5.32 Å². The lowest BCUT2D eigenvalue weighted by atomic mass is 10.1. The van der Waals surface area contributed by atoms with E-state index in [1.807, 2.05) is 19.9 Å². The Morgan fingerprint density at radius 1 is 1.50 bits per heavy atom. The highest BCUT2D eigenvalue weighted by molar-refractivity contribution is 5.70. The van der Waals surface area contributed by atoms with E-state index in [2.05, 4.69) is 15.3 Å². The SMILES string of the molecule is CCc1cc(NCC(CC)C(=O)O)ncn1. The normalized spacial score (nSPS) is 12.1. The Morgan fingerprint density at radius 2 is 2.25 bits per heavy atom. The first-order chi connectivity index (χ1) is 7.67. The van der Waals surface area contributed by atoms with E-state index >= 15 is 0 Å². The smallest absolute Gasteiger partial charge is 0.308 e. The van der Waals surface area contributed by atoms with E-state index in [1.54, 1.807) is 0 Å². The summed E-state index contributed by atoms with van der Waals surface area (Å²) in [4.78, 5) is 18.9. The number of aliphatic carboxylic acids is 1. The molecule has 1 aromatic rings. The van der Waals surface area contributed by atoms with Crippen molar-refractivity contribution in [3.05, 3.63) is 18.1 Å². The van der Waals surface area contributed by atoms with Gasteiger partial charge in [-0.05, 0) is 12.8 Å². The topological polar surface area (TPSA) is 75.1 Å². The molecule has 0 saturated carbocycles. The molecule has 5 heteroatoms. The van der Waals surface area contributed by atoms with E-state index < -0.39 is 5.97 Å². The van der Waals surface area contributed by atoms with Gasteiger partial charge in [0.1, 0.15) is 12.1 Å². The Bertz CT molecular complexity index is 355. The first kappa shape index (κ1) is 12.4. The summed E-state index contributed by atoms with van der Waals surface area (Å²) in [5, 5.41) is 11.9. The van der Waals surface area contributed by atoms with Gasteiger partial charge in [0, 0.05) is 18.3 Å². The van der Waals surface area contributed by atoms with Gasteiger partial charge in [-0.3, -0.25) is 4.79 Å². The van der Waals surface area contributed by atoms with E-state index in [-0.39, 0.29) is 5.92 Å². The van der Waals surface area contributed by atoms with Crippen molar-refractivity contribution in [3.63, 3.8) is 0 Å². The fraction of sp³-hybridized carbons (Fsp3) is 0.545. The number of aryl methyl sites for hydroxylation is 1. The second-order valence-electron chi connectivity index (χ2n) is 3.57. The Morgan fingerprint density at radius 3 is 2.81 bits per heavy atom. The number of aromatic nitrogens is 2. The van der Waals surface area contributed by atoms with Gasteiger partial charge in [-0.1, -0.05) is 13.8 Å². The number of anilines is 1. The fourth-order valence-electron chi connectivity index (χ4n) is 1.32. The summed E-state index contributed by atoms with van der Waals surface area (Å²) in [6.45, 7) is 4.27. The number of hydrogen-bond acceptors (Lipinski definition) is 4. The quantitative estimate of drug-likeness (QED) is 0.765. The minimum atomic E-state index is -0.778. The van der Waals surface area contributed by atoms with Crippen molar-refractivity contribution in [2.45, 2.75) is 26.7 Å². The molecule has 1 unspecified atom stereocenters. The summed E-state index contributed by atoms with van der Waals surface area (Å²) in [6.07, 6.45) is 2.93. The maximum Gasteiger partial charge on any atom is 0.308 e. The molecule has 16 heavy (non-hydrogen) atoms. The Kier molecular flexibility index (Phi) is 4.69. The third-order valence-corrected chi connectivity index (χ3v) is 2.46. The number of nitrogens with one attached hydrogen (secondary N) is 1. The minimum Gasteiger partial charge on any atom is -0.481 e. The molecule has 0 aromatic carbocycles. The molecule has 0 fully saturated rings. The van der Waals surface area contributed by atoms with Crippen LogP contribution in [0.4, 0.5) is 5.82 Å². The van der Waals surface area contributed by atoms with Gasteiger partial charge in [0.05, 0.1) is 5.92 Å². The first-order valence-electron chi connectivity index (χ1n) is 5.45. The van der Waals surface area contributed by atoms with Crippen molar-refractivity contribution in [3.8, 4) is 0 Å². The maximum absolute atomic E-state index is 10.8. The summed E-state index contributed by atoms with van der Waals surface area (Å²) >= 11 is 0. The lowest BCUT2D eigenvalue weighted by Gasteiger charge is -2.11. The van der Waals surface area contributed by atoms with Crippen LogP contribution in [-0.4, -0.2) is 27.6 Å². The van der Waals surface area contributed by atoms with Gasteiger partial charge in [-0.2, -0.15) is 0 Å². The molecule has 1 heterocycles. The van der Waals surface area contributed by atoms with Crippen LogP contribution in [0.15, 0.2) is 12.4 Å². The zero-order valence-corrected chi connectivity index (χ0v) is 9.60. The lowest BCUT2D eigenvalue weighted by molar-refractivity contribution is -0.141.